The van der Waals surface area contributed by atoms with E-state index in [1.54, 1.807) is 19.2 Å². The number of hydrogen-bond donors (Lipinski definition) is 4. The molecule has 3 atom stereocenters. The number of ether oxygens (including phenoxy) is 9. The minimum absolute atomic E-state index is 0.0185. The predicted octanol–water partition coefficient (Wildman–Crippen LogP) is 5.20. The third-order valence-electron chi connectivity index (χ3n) is 9.06. The molecule has 0 saturated carbocycles. The fourth-order valence-electron chi connectivity index (χ4n) is 5.95. The van der Waals surface area contributed by atoms with Crippen LogP contribution in [0.4, 0.5) is 10.5 Å². The van der Waals surface area contributed by atoms with Crippen molar-refractivity contribution < 1.29 is 66.9 Å². The zero-order valence-electron chi connectivity index (χ0n) is 38.2. The van der Waals surface area contributed by atoms with E-state index >= 15 is 0 Å². The number of aromatic hydroxyl groups is 1. The Morgan fingerprint density at radius 1 is 0.714 bits per heavy atom. The molecule has 0 radical (unpaired) electrons. The van der Waals surface area contributed by atoms with Gasteiger partial charge in [-0.1, -0.05) is 50.2 Å². The van der Waals surface area contributed by atoms with Crippen molar-refractivity contribution in [2.75, 3.05) is 105 Å². The highest BCUT2D eigenvalue weighted by molar-refractivity contribution is 5.97. The third-order valence-corrected chi connectivity index (χ3v) is 9.06. The van der Waals surface area contributed by atoms with Crippen LogP contribution < -0.4 is 16.0 Å². The number of alkyl carbamates (subject to hydrolysis) is 1. The van der Waals surface area contributed by atoms with Crippen molar-refractivity contribution in [2.45, 2.75) is 85.0 Å². The molecule has 0 aliphatic rings. The van der Waals surface area contributed by atoms with Gasteiger partial charge in [-0.3, -0.25) is 14.4 Å². The number of anilines is 1. The lowest BCUT2D eigenvalue weighted by Crippen LogP contribution is -2.44. The van der Waals surface area contributed by atoms with Gasteiger partial charge >= 0.3 is 12.1 Å². The summed E-state index contributed by atoms with van der Waals surface area (Å²) >= 11 is 0. The topological polar surface area (TPSA) is 208 Å². The maximum atomic E-state index is 13.6. The van der Waals surface area contributed by atoms with Crippen LogP contribution in [0.5, 0.6) is 5.75 Å². The summed E-state index contributed by atoms with van der Waals surface area (Å²) in [6, 6.07) is 13.1. The normalized spacial score (nSPS) is 12.9. The highest BCUT2D eigenvalue weighted by Gasteiger charge is 2.25. The molecular formula is C46H73N3O14. The summed E-state index contributed by atoms with van der Waals surface area (Å²) in [6.07, 6.45) is 1.63. The van der Waals surface area contributed by atoms with Crippen molar-refractivity contribution in [3.05, 3.63) is 59.7 Å². The maximum absolute atomic E-state index is 13.6. The Morgan fingerprint density at radius 3 is 1.86 bits per heavy atom. The van der Waals surface area contributed by atoms with Crippen LogP contribution >= 0.6 is 0 Å². The number of phenols is 1. The van der Waals surface area contributed by atoms with Crippen LogP contribution in [0.2, 0.25) is 0 Å². The fourth-order valence-corrected chi connectivity index (χ4v) is 5.95. The van der Waals surface area contributed by atoms with Crippen molar-refractivity contribution in [2.24, 2.45) is 11.8 Å². The maximum Gasteiger partial charge on any atom is 0.408 e. The predicted molar refractivity (Wildman–Crippen MR) is 236 cm³/mol. The number of nitrogens with one attached hydrogen (secondary N) is 3. The summed E-state index contributed by atoms with van der Waals surface area (Å²) in [5, 5.41) is 18.9. The lowest BCUT2D eigenvalue weighted by Gasteiger charge is -2.23. The number of rotatable bonds is 35. The van der Waals surface area contributed by atoms with Gasteiger partial charge in [-0.2, -0.15) is 0 Å². The molecule has 0 spiro atoms. The zero-order valence-corrected chi connectivity index (χ0v) is 38.2. The smallest absolute Gasteiger partial charge is 0.408 e. The first kappa shape index (κ1) is 54.8. The van der Waals surface area contributed by atoms with Crippen LogP contribution in [0.3, 0.4) is 0 Å². The second-order valence-electron chi connectivity index (χ2n) is 16.0. The van der Waals surface area contributed by atoms with Gasteiger partial charge in [-0.05, 0) is 82.1 Å². The number of unbranched alkanes of at least 4 members (excludes halogenated alkanes) is 1. The van der Waals surface area contributed by atoms with Crippen molar-refractivity contribution in [1.82, 2.24) is 10.6 Å². The van der Waals surface area contributed by atoms with Gasteiger partial charge in [0.05, 0.1) is 90.9 Å². The van der Waals surface area contributed by atoms with Crippen molar-refractivity contribution in [3.8, 4) is 5.75 Å². The summed E-state index contributed by atoms with van der Waals surface area (Å²) < 4.78 is 48.3. The van der Waals surface area contributed by atoms with Crippen LogP contribution in [-0.2, 0) is 70.0 Å². The van der Waals surface area contributed by atoms with E-state index in [4.69, 9.17) is 42.6 Å². The van der Waals surface area contributed by atoms with E-state index < -0.39 is 23.6 Å². The number of carbonyl (C=O) groups is 4. The standard InChI is InChI=1S/C46H73N3O14/c1-35(30-36(2)44(53)63-46(3,4)5)31-38-15-16-41(50)40(32-38)48-43(52)39(49-45(54)62-33-37-12-8-7-9-13-37)14-10-11-17-47-42(51)34-61-29-28-60-27-26-59-25-24-58-23-22-57-21-20-56-19-18-55-6/h7-9,12-13,15-16,32,35-36,39,50H,10-11,14,17-31,33-34H2,1-6H3,(H,47,51)(H,48,52)(H,49,54)/t35-,36?,39+/m1/s1. The molecule has 0 aromatic heterocycles. The van der Waals surface area contributed by atoms with E-state index in [-0.39, 0.29) is 61.4 Å². The van der Waals surface area contributed by atoms with Crippen molar-refractivity contribution in [3.63, 3.8) is 0 Å². The average Bonchev–Trinajstić information content (AvgIpc) is 3.24. The summed E-state index contributed by atoms with van der Waals surface area (Å²) in [5.41, 5.74) is 1.26. The summed E-state index contributed by atoms with van der Waals surface area (Å²) in [5.74, 6) is -1.42. The van der Waals surface area contributed by atoms with Crippen LogP contribution in [0.15, 0.2) is 48.5 Å². The van der Waals surface area contributed by atoms with E-state index in [1.165, 1.54) is 6.07 Å². The number of carbonyl (C=O) groups excluding carboxylic acids is 4. The van der Waals surface area contributed by atoms with Gasteiger partial charge in [0, 0.05) is 13.7 Å². The van der Waals surface area contributed by atoms with Gasteiger partial charge in [0.2, 0.25) is 11.8 Å². The molecule has 17 nitrogen and oxygen atoms in total. The van der Waals surface area contributed by atoms with Crippen LogP contribution in [0.1, 0.15) is 71.4 Å². The Labute approximate surface area is 373 Å². The molecule has 0 fully saturated rings. The molecule has 1 unspecified atom stereocenters. The Kier molecular flexibility index (Phi) is 28.9. The number of esters is 1. The molecule has 0 heterocycles. The fraction of sp³-hybridized carbons (Fsp3) is 0.652. The van der Waals surface area contributed by atoms with Gasteiger partial charge in [0.25, 0.3) is 0 Å². The minimum atomic E-state index is -1.00. The molecule has 63 heavy (non-hydrogen) atoms. The van der Waals surface area contributed by atoms with Crippen LogP contribution in [0.25, 0.3) is 0 Å². The van der Waals surface area contributed by atoms with Crippen LogP contribution in [0, 0.1) is 11.8 Å². The quantitative estimate of drug-likeness (QED) is 0.0399. The first-order chi connectivity index (χ1) is 30.3. The molecule has 4 N–H and O–H groups in total. The first-order valence-electron chi connectivity index (χ1n) is 21.8. The number of methoxy groups -OCH3 is 1. The Balaban J connectivity index is 1.71. The Morgan fingerprint density at radius 2 is 1.29 bits per heavy atom. The third kappa shape index (κ3) is 28.1. The molecule has 0 bridgehead atoms. The molecule has 3 amide bonds. The van der Waals surface area contributed by atoms with Gasteiger partial charge in [-0.15, -0.1) is 0 Å². The minimum Gasteiger partial charge on any atom is -0.506 e. The lowest BCUT2D eigenvalue weighted by molar-refractivity contribution is -0.160. The molecule has 0 aliphatic heterocycles. The van der Waals surface area contributed by atoms with Gasteiger partial charge in [0.15, 0.2) is 0 Å². The highest BCUT2D eigenvalue weighted by Crippen LogP contribution is 2.28. The molecule has 2 aromatic carbocycles. The van der Waals surface area contributed by atoms with Crippen LogP contribution in [-0.4, -0.2) is 140 Å². The Bertz CT molecular complexity index is 1560. The molecule has 356 valence electrons. The lowest BCUT2D eigenvalue weighted by atomic mass is 9.91. The molecule has 17 heteroatoms. The molecule has 0 saturated heterocycles. The number of hydrogen-bond acceptors (Lipinski definition) is 14. The van der Waals surface area contributed by atoms with Crippen molar-refractivity contribution >= 4 is 29.6 Å². The molecule has 0 aliphatic carbocycles. The molecular weight excluding hydrogens is 819 g/mol. The summed E-state index contributed by atoms with van der Waals surface area (Å²) in [6.45, 7) is 14.9. The largest absolute Gasteiger partial charge is 0.506 e. The number of amides is 3. The van der Waals surface area contributed by atoms with E-state index in [0.717, 1.165) is 11.1 Å². The van der Waals surface area contributed by atoms with E-state index in [1.807, 2.05) is 65.0 Å². The summed E-state index contributed by atoms with van der Waals surface area (Å²) in [7, 11) is 1.63. The molecule has 2 rings (SSSR count). The second-order valence-corrected chi connectivity index (χ2v) is 16.0. The Hall–Kier alpha value is -4.36. The average molecular weight is 892 g/mol. The molecule has 2 aromatic rings. The number of benzene rings is 2. The van der Waals surface area contributed by atoms with Gasteiger partial charge in [-0.25, -0.2) is 4.79 Å². The zero-order chi connectivity index (χ0) is 46.1. The van der Waals surface area contributed by atoms with E-state index in [0.29, 0.717) is 105 Å². The second kappa shape index (κ2) is 33.2. The van der Waals surface area contributed by atoms with E-state index in [2.05, 4.69) is 16.0 Å². The monoisotopic (exact) mass is 892 g/mol. The van der Waals surface area contributed by atoms with E-state index in [9.17, 15) is 24.3 Å². The first-order valence-corrected chi connectivity index (χ1v) is 21.8. The van der Waals surface area contributed by atoms with Crippen molar-refractivity contribution in [1.29, 1.82) is 0 Å². The summed E-state index contributed by atoms with van der Waals surface area (Å²) in [4.78, 5) is 51.3. The van der Waals surface area contributed by atoms with Gasteiger partial charge < -0.3 is 63.7 Å². The van der Waals surface area contributed by atoms with Gasteiger partial charge in [0.1, 0.15) is 30.6 Å². The number of phenolic OH excluding ortho intramolecular Hbond substituents is 1. The SMILES string of the molecule is COCCOCCOCCOCCOCCOCCOCC(=O)NCCCC[C@H](NC(=O)OCc1ccccc1)C(=O)Nc1cc(C[C@H](C)CC(C)C(=O)OC(C)(C)C)ccc1O. The highest BCUT2D eigenvalue weighted by atomic mass is 16.6.